The van der Waals surface area contributed by atoms with E-state index in [1.165, 1.54) is 12.8 Å². The lowest BCUT2D eigenvalue weighted by Crippen LogP contribution is -2.38. The normalized spacial score (nSPS) is 17.0. The predicted molar refractivity (Wildman–Crippen MR) is 85.6 cm³/mol. The van der Waals surface area contributed by atoms with Crippen LogP contribution in [0.5, 0.6) is 0 Å². The van der Waals surface area contributed by atoms with Crippen molar-refractivity contribution in [1.29, 1.82) is 0 Å². The van der Waals surface area contributed by atoms with Gasteiger partial charge >= 0.3 is 0 Å². The van der Waals surface area contributed by atoms with Crippen LogP contribution < -0.4 is 10.2 Å². The van der Waals surface area contributed by atoms with E-state index in [1.807, 2.05) is 29.2 Å². The maximum atomic E-state index is 4.56. The number of nitrogens with one attached hydrogen (secondary N) is 1. The molecule has 1 aliphatic rings. The van der Waals surface area contributed by atoms with Crippen molar-refractivity contribution in [3.8, 4) is 0 Å². The molecule has 0 atom stereocenters. The Hall–Kier alpha value is -1.62. The van der Waals surface area contributed by atoms with E-state index in [9.17, 15) is 0 Å². The van der Waals surface area contributed by atoms with Gasteiger partial charge in [-0.25, -0.2) is 9.50 Å². The molecule has 0 saturated carbocycles. The minimum absolute atomic E-state index is 0.730. The van der Waals surface area contributed by atoms with Crippen LogP contribution in [0.2, 0.25) is 0 Å². The average molecular weight is 287 g/mol. The fourth-order valence-corrected chi connectivity index (χ4v) is 3.01. The summed E-state index contributed by atoms with van der Waals surface area (Å²) in [4.78, 5) is 6.96. The van der Waals surface area contributed by atoms with Crippen LogP contribution in [0, 0.1) is 11.8 Å². The molecular formula is C16H25N5. The summed E-state index contributed by atoms with van der Waals surface area (Å²) in [5.74, 6) is 2.60. The van der Waals surface area contributed by atoms with Gasteiger partial charge in [-0.2, -0.15) is 5.10 Å². The molecule has 21 heavy (non-hydrogen) atoms. The number of piperidine rings is 1. The molecule has 5 heteroatoms. The zero-order chi connectivity index (χ0) is 14.7. The Morgan fingerprint density at radius 1 is 1.29 bits per heavy atom. The quantitative estimate of drug-likeness (QED) is 0.915. The number of hydrogen-bond donors (Lipinski definition) is 1. The first kappa shape index (κ1) is 14.3. The lowest BCUT2D eigenvalue weighted by Gasteiger charge is -2.33. The first-order valence-electron chi connectivity index (χ1n) is 7.98. The van der Waals surface area contributed by atoms with Crippen molar-refractivity contribution in [1.82, 2.24) is 19.9 Å². The van der Waals surface area contributed by atoms with Crippen molar-refractivity contribution in [2.24, 2.45) is 11.8 Å². The number of fused-ring (bicyclic) bond motifs is 1. The van der Waals surface area contributed by atoms with Crippen molar-refractivity contribution in [2.45, 2.75) is 26.7 Å². The summed E-state index contributed by atoms with van der Waals surface area (Å²) in [6.45, 7) is 8.96. The third-order valence-corrected chi connectivity index (χ3v) is 4.20. The van der Waals surface area contributed by atoms with Crippen LogP contribution in [0.15, 0.2) is 24.7 Å². The molecule has 3 heterocycles. The molecule has 3 rings (SSSR count). The molecule has 0 spiro atoms. The largest absolute Gasteiger partial charge is 0.355 e. The van der Waals surface area contributed by atoms with Crippen LogP contribution in [0.4, 0.5) is 5.82 Å². The lowest BCUT2D eigenvalue weighted by atomic mass is 9.96. The molecule has 5 nitrogen and oxygen atoms in total. The van der Waals surface area contributed by atoms with Crippen molar-refractivity contribution in [3.63, 3.8) is 0 Å². The van der Waals surface area contributed by atoms with Gasteiger partial charge in [-0.1, -0.05) is 13.8 Å². The average Bonchev–Trinajstić information content (AvgIpc) is 2.96. The second-order valence-electron chi connectivity index (χ2n) is 6.39. The molecule has 0 aromatic carbocycles. The van der Waals surface area contributed by atoms with E-state index >= 15 is 0 Å². The van der Waals surface area contributed by atoms with Crippen molar-refractivity contribution in [3.05, 3.63) is 24.7 Å². The van der Waals surface area contributed by atoms with E-state index < -0.39 is 0 Å². The monoisotopic (exact) mass is 287 g/mol. The second-order valence-corrected chi connectivity index (χ2v) is 6.39. The minimum atomic E-state index is 0.730. The highest BCUT2D eigenvalue weighted by molar-refractivity contribution is 5.68. The second kappa shape index (κ2) is 6.43. The van der Waals surface area contributed by atoms with Crippen LogP contribution in [-0.2, 0) is 0 Å². The Morgan fingerprint density at radius 3 is 2.86 bits per heavy atom. The minimum Gasteiger partial charge on any atom is -0.355 e. The van der Waals surface area contributed by atoms with E-state index in [4.69, 9.17) is 0 Å². The molecule has 114 valence electrons. The van der Waals surface area contributed by atoms with Gasteiger partial charge in [-0.15, -0.1) is 0 Å². The Labute approximate surface area is 126 Å². The Bertz CT molecular complexity index is 569. The molecule has 0 unspecified atom stereocenters. The molecule has 1 saturated heterocycles. The maximum Gasteiger partial charge on any atom is 0.154 e. The maximum absolute atomic E-state index is 4.56. The van der Waals surface area contributed by atoms with Gasteiger partial charge in [0.25, 0.3) is 0 Å². The summed E-state index contributed by atoms with van der Waals surface area (Å²) in [6.07, 6.45) is 8.06. The predicted octanol–water partition coefficient (Wildman–Crippen LogP) is 2.19. The van der Waals surface area contributed by atoms with E-state index in [1.54, 1.807) is 0 Å². The topological polar surface area (TPSA) is 45.5 Å². The van der Waals surface area contributed by atoms with Gasteiger partial charge in [0.15, 0.2) is 5.82 Å². The zero-order valence-electron chi connectivity index (χ0n) is 13.0. The summed E-state index contributed by atoms with van der Waals surface area (Å²) >= 11 is 0. The fourth-order valence-electron chi connectivity index (χ4n) is 3.01. The van der Waals surface area contributed by atoms with Crippen LogP contribution in [-0.4, -0.2) is 40.8 Å². The molecule has 1 aliphatic heterocycles. The summed E-state index contributed by atoms with van der Waals surface area (Å²) in [7, 11) is 0. The highest BCUT2D eigenvalue weighted by atomic mass is 15.3. The van der Waals surface area contributed by atoms with E-state index in [-0.39, 0.29) is 0 Å². The smallest absolute Gasteiger partial charge is 0.154 e. The first-order chi connectivity index (χ1) is 10.2. The van der Waals surface area contributed by atoms with E-state index in [0.717, 1.165) is 49.3 Å². The van der Waals surface area contributed by atoms with Crippen LogP contribution in [0.3, 0.4) is 0 Å². The fraction of sp³-hybridized carbons (Fsp3) is 0.625. The summed E-state index contributed by atoms with van der Waals surface area (Å²) in [5.41, 5.74) is 1.11. The molecule has 2 aromatic rings. The van der Waals surface area contributed by atoms with Crippen LogP contribution in [0.25, 0.3) is 5.52 Å². The first-order valence-corrected chi connectivity index (χ1v) is 7.98. The molecule has 2 aromatic heterocycles. The Morgan fingerprint density at radius 2 is 2.10 bits per heavy atom. The molecule has 0 aliphatic carbocycles. The Balaban J connectivity index is 1.57. The van der Waals surface area contributed by atoms with Gasteiger partial charge in [0.2, 0.25) is 0 Å². The molecule has 0 radical (unpaired) electrons. The van der Waals surface area contributed by atoms with Crippen LogP contribution >= 0.6 is 0 Å². The number of nitrogens with zero attached hydrogens (tertiary/aromatic N) is 4. The highest BCUT2D eigenvalue weighted by Crippen LogP contribution is 2.24. The van der Waals surface area contributed by atoms with Crippen LogP contribution in [0.1, 0.15) is 26.7 Å². The number of hydrogen-bond acceptors (Lipinski definition) is 4. The van der Waals surface area contributed by atoms with E-state index in [0.29, 0.717) is 0 Å². The summed E-state index contributed by atoms with van der Waals surface area (Å²) < 4.78 is 1.90. The molecule has 1 N–H and O–H groups in total. The third kappa shape index (κ3) is 3.35. The van der Waals surface area contributed by atoms with Crippen molar-refractivity contribution >= 4 is 11.3 Å². The van der Waals surface area contributed by atoms with Gasteiger partial charge < -0.3 is 10.2 Å². The van der Waals surface area contributed by atoms with Crippen molar-refractivity contribution < 1.29 is 0 Å². The van der Waals surface area contributed by atoms with Gasteiger partial charge in [-0.3, -0.25) is 0 Å². The summed E-state index contributed by atoms with van der Waals surface area (Å²) in [6, 6.07) is 2.04. The van der Waals surface area contributed by atoms with Gasteiger partial charge in [-0.05, 0) is 43.8 Å². The summed E-state index contributed by atoms with van der Waals surface area (Å²) in [5, 5.41) is 7.87. The lowest BCUT2D eigenvalue weighted by molar-refractivity contribution is 0.373. The molecule has 0 bridgehead atoms. The zero-order valence-corrected chi connectivity index (χ0v) is 13.0. The molecule has 1 fully saturated rings. The van der Waals surface area contributed by atoms with Gasteiger partial charge in [0.1, 0.15) is 5.52 Å². The van der Waals surface area contributed by atoms with Crippen molar-refractivity contribution in [2.75, 3.05) is 31.1 Å². The number of aromatic nitrogens is 3. The number of rotatable bonds is 5. The standard InChI is InChI=1S/C16H25N5/c1-13(2)11-17-12-14-4-8-20(9-5-14)16-15-3-6-19-21(15)10-7-18-16/h3,6-7,10,13-14,17H,4-5,8-9,11-12H2,1-2H3. The highest BCUT2D eigenvalue weighted by Gasteiger charge is 2.21. The van der Waals surface area contributed by atoms with Gasteiger partial charge in [0, 0.05) is 25.5 Å². The van der Waals surface area contributed by atoms with Gasteiger partial charge in [0.05, 0.1) is 6.20 Å². The van der Waals surface area contributed by atoms with E-state index in [2.05, 4.69) is 34.1 Å². The number of anilines is 1. The molecular weight excluding hydrogens is 262 g/mol. The Kier molecular flexibility index (Phi) is 4.39. The SMILES string of the molecule is CC(C)CNCC1CCN(c2nccn3nccc23)CC1. The molecule has 0 amide bonds. The third-order valence-electron chi connectivity index (χ3n) is 4.20.